The summed E-state index contributed by atoms with van der Waals surface area (Å²) < 4.78 is 17.0. The molecule has 1 N–H and O–H groups in total. The first-order chi connectivity index (χ1) is 16.0. The van der Waals surface area contributed by atoms with Crippen LogP contribution in [0.1, 0.15) is 54.3 Å². The van der Waals surface area contributed by atoms with E-state index in [1.54, 1.807) is 37.3 Å². The smallest absolute Gasteiger partial charge is 0.338 e. The van der Waals surface area contributed by atoms with Crippen LogP contribution in [0.15, 0.2) is 45.6 Å². The highest BCUT2D eigenvalue weighted by atomic mass is 16.5. The predicted molar refractivity (Wildman–Crippen MR) is 125 cm³/mol. The van der Waals surface area contributed by atoms with Crippen LogP contribution in [0, 0.1) is 6.92 Å². The number of ether oxygens (including phenoxy) is 2. The molecule has 0 bridgehead atoms. The summed E-state index contributed by atoms with van der Waals surface area (Å²) in [5, 5.41) is 10.9. The molecule has 0 amide bonds. The van der Waals surface area contributed by atoms with Gasteiger partial charge in [-0.05, 0) is 75.7 Å². The SMILES string of the molecule is CCCOC(=O)c1ccc(Oc2c(C)oc3c(CN4CCCCC4)c(O)ccc3c2=O)cc1. The third kappa shape index (κ3) is 5.03. The molecule has 1 aliphatic rings. The zero-order chi connectivity index (χ0) is 23.4. The molecule has 4 rings (SSSR count). The van der Waals surface area contributed by atoms with Crippen molar-refractivity contribution < 1.29 is 23.8 Å². The minimum absolute atomic E-state index is 0.0819. The van der Waals surface area contributed by atoms with Gasteiger partial charge in [0.15, 0.2) is 0 Å². The number of fused-ring (bicyclic) bond motifs is 1. The molecule has 2 heterocycles. The van der Waals surface area contributed by atoms with E-state index in [1.807, 2.05) is 6.92 Å². The number of piperidine rings is 1. The zero-order valence-corrected chi connectivity index (χ0v) is 19.1. The van der Waals surface area contributed by atoms with Crippen molar-refractivity contribution >= 4 is 16.9 Å². The van der Waals surface area contributed by atoms with Crippen LogP contribution < -0.4 is 10.2 Å². The van der Waals surface area contributed by atoms with Crippen LogP contribution >= 0.6 is 0 Å². The lowest BCUT2D eigenvalue weighted by Crippen LogP contribution is -2.29. The fourth-order valence-electron chi connectivity index (χ4n) is 4.06. The Hall–Kier alpha value is -3.32. The van der Waals surface area contributed by atoms with E-state index >= 15 is 0 Å². The van der Waals surface area contributed by atoms with Crippen LogP contribution in [0.25, 0.3) is 11.0 Å². The second-order valence-electron chi connectivity index (χ2n) is 8.36. The maximum absolute atomic E-state index is 13.2. The highest BCUT2D eigenvalue weighted by Crippen LogP contribution is 2.32. The highest BCUT2D eigenvalue weighted by molar-refractivity contribution is 5.89. The summed E-state index contributed by atoms with van der Waals surface area (Å²) in [5.74, 6) is 0.535. The number of benzene rings is 2. The normalized spacial score (nSPS) is 14.4. The molecule has 174 valence electrons. The largest absolute Gasteiger partial charge is 0.507 e. The molecule has 1 fully saturated rings. The number of aryl methyl sites for hydroxylation is 1. The average molecular weight is 452 g/mol. The molecule has 0 aliphatic carbocycles. The van der Waals surface area contributed by atoms with E-state index in [4.69, 9.17) is 13.9 Å². The molecule has 0 saturated carbocycles. The fraction of sp³-hybridized carbons (Fsp3) is 0.385. The van der Waals surface area contributed by atoms with E-state index in [2.05, 4.69) is 4.90 Å². The molecule has 0 atom stereocenters. The Morgan fingerprint density at radius 2 is 1.82 bits per heavy atom. The Labute approximate surface area is 192 Å². The Morgan fingerprint density at radius 1 is 1.09 bits per heavy atom. The van der Waals surface area contributed by atoms with Crippen molar-refractivity contribution in [2.45, 2.75) is 46.1 Å². The minimum atomic E-state index is -0.397. The summed E-state index contributed by atoms with van der Waals surface area (Å²) in [4.78, 5) is 27.5. The maximum Gasteiger partial charge on any atom is 0.338 e. The van der Waals surface area contributed by atoms with Crippen LogP contribution in [0.5, 0.6) is 17.2 Å². The number of esters is 1. The van der Waals surface area contributed by atoms with Gasteiger partial charge in [-0.15, -0.1) is 0 Å². The fourth-order valence-corrected chi connectivity index (χ4v) is 4.06. The Bertz CT molecular complexity index is 1190. The highest BCUT2D eigenvalue weighted by Gasteiger charge is 2.21. The molecular formula is C26H29NO6. The van der Waals surface area contributed by atoms with Gasteiger partial charge < -0.3 is 19.0 Å². The number of aromatic hydroxyl groups is 1. The van der Waals surface area contributed by atoms with Crippen LogP contribution in [0.2, 0.25) is 0 Å². The van der Waals surface area contributed by atoms with E-state index < -0.39 is 5.97 Å². The van der Waals surface area contributed by atoms with Crippen molar-refractivity contribution in [1.29, 1.82) is 0 Å². The van der Waals surface area contributed by atoms with E-state index in [-0.39, 0.29) is 16.9 Å². The molecule has 0 unspecified atom stereocenters. The summed E-state index contributed by atoms with van der Waals surface area (Å²) in [6.45, 7) is 6.41. The number of hydrogen-bond acceptors (Lipinski definition) is 7. The van der Waals surface area contributed by atoms with Crippen LogP contribution in [0.4, 0.5) is 0 Å². The zero-order valence-electron chi connectivity index (χ0n) is 19.1. The third-order valence-electron chi connectivity index (χ3n) is 5.84. The molecule has 2 aromatic carbocycles. The Morgan fingerprint density at radius 3 is 2.52 bits per heavy atom. The summed E-state index contributed by atoms with van der Waals surface area (Å²) in [6, 6.07) is 9.53. The second-order valence-corrected chi connectivity index (χ2v) is 8.36. The number of phenols is 1. The molecule has 7 nitrogen and oxygen atoms in total. The topological polar surface area (TPSA) is 89.2 Å². The Kier molecular flexibility index (Phi) is 6.99. The number of likely N-dealkylation sites (tertiary alicyclic amines) is 1. The minimum Gasteiger partial charge on any atom is -0.507 e. The monoisotopic (exact) mass is 451 g/mol. The van der Waals surface area contributed by atoms with E-state index in [9.17, 15) is 14.7 Å². The third-order valence-corrected chi connectivity index (χ3v) is 5.84. The first-order valence-corrected chi connectivity index (χ1v) is 11.4. The molecule has 7 heteroatoms. The number of phenolic OH excluding ortho intramolecular Hbond substituents is 1. The van der Waals surface area contributed by atoms with Gasteiger partial charge in [-0.1, -0.05) is 13.3 Å². The van der Waals surface area contributed by atoms with Crippen molar-refractivity contribution in [1.82, 2.24) is 4.90 Å². The van der Waals surface area contributed by atoms with E-state index in [0.29, 0.717) is 46.8 Å². The molecule has 1 aliphatic heterocycles. The van der Waals surface area contributed by atoms with E-state index in [1.165, 1.54) is 12.5 Å². The van der Waals surface area contributed by atoms with Gasteiger partial charge in [0.2, 0.25) is 11.2 Å². The van der Waals surface area contributed by atoms with Gasteiger partial charge in [-0.2, -0.15) is 0 Å². The van der Waals surface area contributed by atoms with Crippen molar-refractivity contribution in [2.75, 3.05) is 19.7 Å². The van der Waals surface area contributed by atoms with Gasteiger partial charge in [-0.3, -0.25) is 9.69 Å². The van der Waals surface area contributed by atoms with Gasteiger partial charge >= 0.3 is 5.97 Å². The van der Waals surface area contributed by atoms with Gasteiger partial charge in [0.25, 0.3) is 0 Å². The molecule has 0 radical (unpaired) electrons. The predicted octanol–water partition coefficient (Wildman–Crippen LogP) is 5.15. The van der Waals surface area contributed by atoms with E-state index in [0.717, 1.165) is 32.4 Å². The van der Waals surface area contributed by atoms with Gasteiger partial charge in [0.05, 0.1) is 23.1 Å². The molecule has 3 aromatic rings. The van der Waals surface area contributed by atoms with Crippen LogP contribution in [0.3, 0.4) is 0 Å². The molecular weight excluding hydrogens is 422 g/mol. The molecule has 33 heavy (non-hydrogen) atoms. The first-order valence-electron chi connectivity index (χ1n) is 11.4. The molecule has 0 spiro atoms. The van der Waals surface area contributed by atoms with Crippen molar-refractivity contribution in [3.63, 3.8) is 0 Å². The number of carbonyl (C=O) groups is 1. The summed E-state index contributed by atoms with van der Waals surface area (Å²) in [7, 11) is 0. The van der Waals surface area contributed by atoms with Gasteiger partial charge in [-0.25, -0.2) is 4.79 Å². The lowest BCUT2D eigenvalue weighted by Gasteiger charge is -2.26. The molecule has 1 aromatic heterocycles. The van der Waals surface area contributed by atoms with Crippen molar-refractivity contribution in [2.24, 2.45) is 0 Å². The van der Waals surface area contributed by atoms with Gasteiger partial charge in [0.1, 0.15) is 22.8 Å². The lowest BCUT2D eigenvalue weighted by molar-refractivity contribution is 0.0505. The van der Waals surface area contributed by atoms with Crippen molar-refractivity contribution in [3.05, 3.63) is 63.5 Å². The van der Waals surface area contributed by atoms with Crippen molar-refractivity contribution in [3.8, 4) is 17.2 Å². The first kappa shape index (κ1) is 22.9. The summed E-state index contributed by atoms with van der Waals surface area (Å²) in [6.07, 6.45) is 4.22. The van der Waals surface area contributed by atoms with Crippen LogP contribution in [-0.2, 0) is 11.3 Å². The number of nitrogens with zero attached hydrogens (tertiary/aromatic N) is 1. The Balaban J connectivity index is 1.62. The number of rotatable bonds is 7. The number of hydrogen-bond donors (Lipinski definition) is 1. The lowest BCUT2D eigenvalue weighted by atomic mass is 10.1. The summed E-state index contributed by atoms with van der Waals surface area (Å²) in [5.41, 5.74) is 1.12. The average Bonchev–Trinajstić information content (AvgIpc) is 2.83. The maximum atomic E-state index is 13.2. The van der Waals surface area contributed by atoms with Gasteiger partial charge in [0, 0.05) is 6.54 Å². The second kappa shape index (κ2) is 10.1. The number of carbonyl (C=O) groups excluding carboxylic acids is 1. The molecule has 1 saturated heterocycles. The summed E-state index contributed by atoms with van der Waals surface area (Å²) >= 11 is 0. The van der Waals surface area contributed by atoms with Crippen LogP contribution in [-0.4, -0.2) is 35.7 Å². The standard InChI is InChI=1S/C26H29NO6/c1-3-15-31-26(30)18-7-9-19(10-8-18)33-24-17(2)32-25-20(23(24)29)11-12-22(28)21(25)16-27-13-5-4-6-14-27/h7-12,28H,3-6,13-16H2,1-2H3. The quantitative estimate of drug-likeness (QED) is 0.497.